The summed E-state index contributed by atoms with van der Waals surface area (Å²) in [5, 5.41) is 0.913. The molecule has 6 heteroatoms. The summed E-state index contributed by atoms with van der Waals surface area (Å²) in [6.45, 7) is 2.57. The third-order valence-electron chi connectivity index (χ3n) is 3.46. The Morgan fingerprint density at radius 3 is 2.86 bits per heavy atom. The SMILES string of the molecule is COCCc1nc(-n2ccnc2)nc2ccc(C)c(N)c12. The van der Waals surface area contributed by atoms with Gasteiger partial charge in [0.25, 0.3) is 0 Å². The van der Waals surface area contributed by atoms with E-state index in [1.54, 1.807) is 24.2 Å². The number of nitrogens with zero attached hydrogens (tertiary/aromatic N) is 4. The minimum Gasteiger partial charge on any atom is -0.398 e. The van der Waals surface area contributed by atoms with Gasteiger partial charge in [0.1, 0.15) is 6.33 Å². The molecule has 0 atom stereocenters. The van der Waals surface area contributed by atoms with Crippen molar-refractivity contribution in [1.82, 2.24) is 19.5 Å². The Morgan fingerprint density at radius 1 is 1.29 bits per heavy atom. The van der Waals surface area contributed by atoms with Gasteiger partial charge in [-0.2, -0.15) is 0 Å². The molecule has 0 bridgehead atoms. The summed E-state index contributed by atoms with van der Waals surface area (Å²) in [6.07, 6.45) is 5.88. The molecule has 21 heavy (non-hydrogen) atoms. The van der Waals surface area contributed by atoms with E-state index in [9.17, 15) is 0 Å². The summed E-state index contributed by atoms with van der Waals surface area (Å²) >= 11 is 0. The zero-order valence-electron chi connectivity index (χ0n) is 12.1. The first kappa shape index (κ1) is 13.5. The predicted octanol–water partition coefficient (Wildman–Crippen LogP) is 1.90. The summed E-state index contributed by atoms with van der Waals surface area (Å²) in [4.78, 5) is 13.2. The van der Waals surface area contributed by atoms with E-state index in [-0.39, 0.29) is 0 Å². The van der Waals surface area contributed by atoms with Gasteiger partial charge in [-0.05, 0) is 18.6 Å². The highest BCUT2D eigenvalue weighted by Crippen LogP contribution is 2.27. The van der Waals surface area contributed by atoms with Gasteiger partial charge < -0.3 is 10.5 Å². The molecule has 2 heterocycles. The molecule has 3 rings (SSSR count). The Hall–Kier alpha value is -2.47. The number of imidazole rings is 1. The van der Waals surface area contributed by atoms with Crippen LogP contribution in [0.3, 0.4) is 0 Å². The molecular weight excluding hydrogens is 266 g/mol. The lowest BCUT2D eigenvalue weighted by atomic mass is 10.1. The number of aryl methyl sites for hydroxylation is 1. The third-order valence-corrected chi connectivity index (χ3v) is 3.46. The van der Waals surface area contributed by atoms with Crippen molar-refractivity contribution in [2.45, 2.75) is 13.3 Å². The smallest absolute Gasteiger partial charge is 0.235 e. The minimum atomic E-state index is 0.586. The Bertz CT molecular complexity index is 767. The average molecular weight is 283 g/mol. The zero-order chi connectivity index (χ0) is 14.8. The number of anilines is 1. The Balaban J connectivity index is 2.24. The molecule has 0 fully saturated rings. The Morgan fingerprint density at radius 2 is 2.14 bits per heavy atom. The summed E-state index contributed by atoms with van der Waals surface area (Å²) in [5.41, 5.74) is 9.71. The van der Waals surface area contributed by atoms with Gasteiger partial charge in [0.15, 0.2) is 0 Å². The summed E-state index contributed by atoms with van der Waals surface area (Å²) < 4.78 is 6.96. The molecule has 0 aliphatic carbocycles. The standard InChI is InChI=1S/C15H17N5O/c1-10-3-4-11-13(14(10)16)12(5-8-21-2)19-15(18-11)20-7-6-17-9-20/h3-4,6-7,9H,5,8,16H2,1-2H3. The number of fused-ring (bicyclic) bond motifs is 1. The molecule has 0 unspecified atom stereocenters. The lowest BCUT2D eigenvalue weighted by Gasteiger charge is -2.12. The van der Waals surface area contributed by atoms with E-state index in [2.05, 4.69) is 15.0 Å². The zero-order valence-corrected chi connectivity index (χ0v) is 12.1. The van der Waals surface area contributed by atoms with Gasteiger partial charge in [0.2, 0.25) is 5.95 Å². The van der Waals surface area contributed by atoms with E-state index in [0.717, 1.165) is 27.8 Å². The van der Waals surface area contributed by atoms with Crippen molar-refractivity contribution in [2.75, 3.05) is 19.5 Å². The molecule has 1 aromatic carbocycles. The fourth-order valence-corrected chi connectivity index (χ4v) is 2.29. The molecule has 0 amide bonds. The predicted molar refractivity (Wildman–Crippen MR) is 81.4 cm³/mol. The minimum absolute atomic E-state index is 0.586. The summed E-state index contributed by atoms with van der Waals surface area (Å²) in [7, 11) is 1.68. The van der Waals surface area contributed by atoms with Gasteiger partial charge in [0, 0.05) is 37.0 Å². The Kier molecular flexibility index (Phi) is 3.53. The first-order valence-electron chi connectivity index (χ1n) is 6.73. The van der Waals surface area contributed by atoms with Gasteiger partial charge in [-0.25, -0.2) is 15.0 Å². The monoisotopic (exact) mass is 283 g/mol. The van der Waals surface area contributed by atoms with Crippen LogP contribution < -0.4 is 5.73 Å². The first-order valence-corrected chi connectivity index (χ1v) is 6.73. The van der Waals surface area contributed by atoms with Crippen LogP contribution in [0.2, 0.25) is 0 Å². The van der Waals surface area contributed by atoms with Gasteiger partial charge >= 0.3 is 0 Å². The largest absolute Gasteiger partial charge is 0.398 e. The van der Waals surface area contributed by atoms with Crippen molar-refractivity contribution in [3.05, 3.63) is 42.1 Å². The molecule has 0 aliphatic rings. The van der Waals surface area contributed by atoms with Crippen molar-refractivity contribution >= 4 is 16.6 Å². The van der Waals surface area contributed by atoms with Crippen molar-refractivity contribution < 1.29 is 4.74 Å². The molecule has 0 radical (unpaired) electrons. The lowest BCUT2D eigenvalue weighted by Crippen LogP contribution is -2.07. The fourth-order valence-electron chi connectivity index (χ4n) is 2.29. The van der Waals surface area contributed by atoms with Gasteiger partial charge in [-0.1, -0.05) is 6.07 Å². The maximum absolute atomic E-state index is 6.22. The normalized spacial score (nSPS) is 11.1. The molecule has 3 aromatic rings. The molecule has 6 nitrogen and oxygen atoms in total. The van der Waals surface area contributed by atoms with Crippen LogP contribution in [0.1, 0.15) is 11.3 Å². The maximum Gasteiger partial charge on any atom is 0.235 e. The number of nitrogens with two attached hydrogens (primary N) is 1. The van der Waals surface area contributed by atoms with Crippen LogP contribution in [-0.4, -0.2) is 33.2 Å². The molecule has 2 N–H and O–H groups in total. The van der Waals surface area contributed by atoms with Crippen molar-refractivity contribution in [2.24, 2.45) is 0 Å². The van der Waals surface area contributed by atoms with Crippen molar-refractivity contribution in [1.29, 1.82) is 0 Å². The van der Waals surface area contributed by atoms with E-state index >= 15 is 0 Å². The summed E-state index contributed by atoms with van der Waals surface area (Å²) in [5.74, 6) is 0.592. The second-order valence-electron chi connectivity index (χ2n) is 4.87. The number of nitrogen functional groups attached to an aromatic ring is 1. The topological polar surface area (TPSA) is 78.8 Å². The Labute approximate surface area is 122 Å². The number of rotatable bonds is 4. The van der Waals surface area contributed by atoms with E-state index < -0.39 is 0 Å². The van der Waals surface area contributed by atoms with Crippen LogP contribution in [-0.2, 0) is 11.2 Å². The maximum atomic E-state index is 6.22. The number of hydrogen-bond donors (Lipinski definition) is 1. The van der Waals surface area contributed by atoms with Gasteiger partial charge in [0.05, 0.1) is 17.8 Å². The van der Waals surface area contributed by atoms with Crippen LogP contribution in [0.4, 0.5) is 5.69 Å². The molecule has 0 aliphatic heterocycles. The van der Waals surface area contributed by atoms with Crippen LogP contribution >= 0.6 is 0 Å². The van der Waals surface area contributed by atoms with E-state index in [4.69, 9.17) is 10.5 Å². The average Bonchev–Trinajstić information content (AvgIpc) is 3.02. The van der Waals surface area contributed by atoms with Crippen molar-refractivity contribution in [3.8, 4) is 5.95 Å². The second kappa shape index (κ2) is 5.49. The first-order chi connectivity index (χ1) is 10.2. The number of benzene rings is 1. The molecular formula is C15H17N5O. The quantitative estimate of drug-likeness (QED) is 0.740. The lowest BCUT2D eigenvalue weighted by molar-refractivity contribution is 0.201. The number of aromatic nitrogens is 4. The number of methoxy groups -OCH3 is 1. The van der Waals surface area contributed by atoms with Crippen LogP contribution in [0.5, 0.6) is 0 Å². The highest BCUT2D eigenvalue weighted by molar-refractivity contribution is 5.94. The van der Waals surface area contributed by atoms with Gasteiger partial charge in [-0.15, -0.1) is 0 Å². The highest BCUT2D eigenvalue weighted by atomic mass is 16.5. The molecule has 0 saturated carbocycles. The number of hydrogen-bond acceptors (Lipinski definition) is 5. The van der Waals surface area contributed by atoms with E-state index in [1.165, 1.54) is 0 Å². The highest BCUT2D eigenvalue weighted by Gasteiger charge is 2.12. The summed E-state index contributed by atoms with van der Waals surface area (Å²) in [6, 6.07) is 3.95. The molecule has 2 aromatic heterocycles. The van der Waals surface area contributed by atoms with Crippen molar-refractivity contribution in [3.63, 3.8) is 0 Å². The van der Waals surface area contributed by atoms with Crippen LogP contribution in [0.25, 0.3) is 16.9 Å². The third kappa shape index (κ3) is 2.45. The van der Waals surface area contributed by atoms with E-state index in [1.807, 2.05) is 25.3 Å². The second-order valence-corrected chi connectivity index (χ2v) is 4.87. The van der Waals surface area contributed by atoms with Crippen LogP contribution in [0.15, 0.2) is 30.9 Å². The fraction of sp³-hybridized carbons (Fsp3) is 0.267. The number of ether oxygens (including phenoxy) is 1. The van der Waals surface area contributed by atoms with Crippen LogP contribution in [0, 0.1) is 6.92 Å². The van der Waals surface area contributed by atoms with E-state index in [0.29, 0.717) is 19.0 Å². The molecule has 0 saturated heterocycles. The molecule has 0 spiro atoms. The van der Waals surface area contributed by atoms with Gasteiger partial charge in [-0.3, -0.25) is 4.57 Å². The molecule has 108 valence electrons.